The first kappa shape index (κ1) is 15.8. The van der Waals surface area contributed by atoms with Gasteiger partial charge in [0.2, 0.25) is 0 Å². The molecular weight excluding hydrogens is 264 g/mol. The summed E-state index contributed by atoms with van der Waals surface area (Å²) in [5, 5.41) is 0. The lowest BCUT2D eigenvalue weighted by Crippen LogP contribution is -2.36. The van der Waals surface area contributed by atoms with E-state index in [1.807, 2.05) is 11.0 Å². The van der Waals surface area contributed by atoms with Crippen molar-refractivity contribution in [1.82, 2.24) is 9.80 Å². The predicted molar refractivity (Wildman–Crippen MR) is 84.1 cm³/mol. The molecule has 0 saturated carbocycles. The van der Waals surface area contributed by atoms with Crippen LogP contribution in [0, 0.1) is 5.92 Å². The molecule has 1 aliphatic heterocycles. The Hall–Kier alpha value is -1.55. The highest BCUT2D eigenvalue weighted by Gasteiger charge is 2.20. The highest BCUT2D eigenvalue weighted by Crippen LogP contribution is 2.10. The molecule has 4 nitrogen and oxygen atoms in total. The first-order chi connectivity index (χ1) is 10.1. The highest BCUT2D eigenvalue weighted by molar-refractivity contribution is 5.67. The molecule has 1 aromatic rings. The monoisotopic (exact) mass is 290 g/mol. The van der Waals surface area contributed by atoms with Crippen molar-refractivity contribution in [2.45, 2.75) is 26.8 Å². The van der Waals surface area contributed by atoms with E-state index < -0.39 is 0 Å². The molecule has 1 aromatic carbocycles. The molecule has 116 valence electrons. The second-order valence-electron chi connectivity index (χ2n) is 6.07. The minimum Gasteiger partial charge on any atom is -0.449 e. The van der Waals surface area contributed by atoms with Crippen molar-refractivity contribution < 1.29 is 9.53 Å². The molecule has 4 heteroatoms. The number of hydrogen-bond acceptors (Lipinski definition) is 3. The fourth-order valence-electron chi connectivity index (χ4n) is 2.48. The zero-order valence-electron chi connectivity index (χ0n) is 13.1. The average Bonchev–Trinajstić information content (AvgIpc) is 2.71. The van der Waals surface area contributed by atoms with Crippen LogP contribution in [-0.2, 0) is 11.3 Å². The van der Waals surface area contributed by atoms with E-state index in [-0.39, 0.29) is 6.09 Å². The second kappa shape index (κ2) is 8.03. The number of hydrogen-bond donors (Lipinski definition) is 0. The van der Waals surface area contributed by atoms with Crippen molar-refractivity contribution in [3.05, 3.63) is 35.9 Å². The molecule has 0 N–H and O–H groups in total. The molecule has 2 rings (SSSR count). The average molecular weight is 290 g/mol. The number of carbonyl (C=O) groups is 1. The van der Waals surface area contributed by atoms with E-state index >= 15 is 0 Å². The summed E-state index contributed by atoms with van der Waals surface area (Å²) in [7, 11) is 0. The molecule has 0 radical (unpaired) electrons. The van der Waals surface area contributed by atoms with Crippen molar-refractivity contribution in [2.75, 3.05) is 32.8 Å². The van der Waals surface area contributed by atoms with Gasteiger partial charge in [-0.1, -0.05) is 44.2 Å². The fraction of sp³-hybridized carbons (Fsp3) is 0.588. The molecule has 1 heterocycles. The van der Waals surface area contributed by atoms with E-state index in [4.69, 9.17) is 4.74 Å². The van der Waals surface area contributed by atoms with Crippen molar-refractivity contribution in [1.29, 1.82) is 0 Å². The summed E-state index contributed by atoms with van der Waals surface area (Å²) in [5.41, 5.74) is 1.33. The van der Waals surface area contributed by atoms with Gasteiger partial charge in [-0.05, 0) is 17.9 Å². The van der Waals surface area contributed by atoms with Gasteiger partial charge in [0.1, 0.15) is 0 Å². The van der Waals surface area contributed by atoms with E-state index in [1.54, 1.807) is 0 Å². The smallest absolute Gasteiger partial charge is 0.409 e. The van der Waals surface area contributed by atoms with Crippen molar-refractivity contribution in [2.24, 2.45) is 5.92 Å². The summed E-state index contributed by atoms with van der Waals surface area (Å²) in [4.78, 5) is 16.3. The Bertz CT molecular complexity index is 434. The van der Waals surface area contributed by atoms with Gasteiger partial charge in [0, 0.05) is 32.7 Å². The molecule has 1 fully saturated rings. The van der Waals surface area contributed by atoms with Crippen LogP contribution in [0.2, 0.25) is 0 Å². The van der Waals surface area contributed by atoms with Crippen molar-refractivity contribution in [3.63, 3.8) is 0 Å². The number of carbonyl (C=O) groups excluding carboxylic acids is 1. The fourth-order valence-corrected chi connectivity index (χ4v) is 2.48. The zero-order valence-corrected chi connectivity index (χ0v) is 13.1. The summed E-state index contributed by atoms with van der Waals surface area (Å²) in [6.45, 7) is 9.05. The van der Waals surface area contributed by atoms with Crippen LogP contribution in [0.3, 0.4) is 0 Å². The van der Waals surface area contributed by atoms with Gasteiger partial charge in [-0.2, -0.15) is 0 Å². The van der Waals surface area contributed by atoms with Gasteiger partial charge in [0.05, 0.1) is 6.61 Å². The van der Waals surface area contributed by atoms with Gasteiger partial charge in [-0.15, -0.1) is 0 Å². The molecule has 0 aliphatic carbocycles. The minimum atomic E-state index is -0.162. The summed E-state index contributed by atoms with van der Waals surface area (Å²) in [6, 6.07) is 10.5. The largest absolute Gasteiger partial charge is 0.449 e. The molecule has 0 atom stereocenters. The number of ether oxygens (including phenoxy) is 1. The van der Waals surface area contributed by atoms with E-state index in [0.717, 1.165) is 39.1 Å². The second-order valence-corrected chi connectivity index (χ2v) is 6.07. The Morgan fingerprint density at radius 1 is 1.14 bits per heavy atom. The maximum atomic E-state index is 12.0. The van der Waals surface area contributed by atoms with Crippen LogP contribution in [0.15, 0.2) is 30.3 Å². The molecule has 0 aromatic heterocycles. The summed E-state index contributed by atoms with van der Waals surface area (Å²) < 4.78 is 5.32. The number of benzene rings is 1. The molecule has 1 saturated heterocycles. The van der Waals surface area contributed by atoms with Gasteiger partial charge < -0.3 is 9.64 Å². The summed E-state index contributed by atoms with van der Waals surface area (Å²) in [5.74, 6) is 0.385. The van der Waals surface area contributed by atoms with Gasteiger partial charge in [-0.3, -0.25) is 4.90 Å². The predicted octanol–water partition coefficient (Wildman–Crippen LogP) is 2.99. The maximum Gasteiger partial charge on any atom is 0.409 e. The van der Waals surface area contributed by atoms with E-state index in [2.05, 4.69) is 43.0 Å². The third-order valence-corrected chi connectivity index (χ3v) is 3.64. The quantitative estimate of drug-likeness (QED) is 0.854. The topological polar surface area (TPSA) is 32.8 Å². The maximum absolute atomic E-state index is 12.0. The lowest BCUT2D eigenvalue weighted by Gasteiger charge is -2.22. The van der Waals surface area contributed by atoms with Gasteiger partial charge >= 0.3 is 6.09 Å². The zero-order chi connectivity index (χ0) is 15.1. The highest BCUT2D eigenvalue weighted by atomic mass is 16.6. The summed E-state index contributed by atoms with van der Waals surface area (Å²) >= 11 is 0. The van der Waals surface area contributed by atoms with Crippen LogP contribution in [0.1, 0.15) is 25.8 Å². The molecule has 21 heavy (non-hydrogen) atoms. The van der Waals surface area contributed by atoms with Gasteiger partial charge in [0.15, 0.2) is 0 Å². The first-order valence-corrected chi connectivity index (χ1v) is 7.83. The van der Waals surface area contributed by atoms with Crippen LogP contribution in [0.25, 0.3) is 0 Å². The van der Waals surface area contributed by atoms with E-state index in [0.29, 0.717) is 12.5 Å². The first-order valence-electron chi connectivity index (χ1n) is 7.83. The Kier molecular flexibility index (Phi) is 6.05. The summed E-state index contributed by atoms with van der Waals surface area (Å²) in [6.07, 6.45) is 0.842. The number of rotatable bonds is 4. The molecule has 0 spiro atoms. The number of nitrogens with zero attached hydrogens (tertiary/aromatic N) is 2. The number of amides is 1. The van der Waals surface area contributed by atoms with Gasteiger partial charge in [-0.25, -0.2) is 4.79 Å². The van der Waals surface area contributed by atoms with Crippen LogP contribution in [0.4, 0.5) is 4.79 Å². The SMILES string of the molecule is CC(C)COC(=O)N1CCCN(Cc2ccccc2)CC1. The Balaban J connectivity index is 1.80. The third kappa shape index (κ3) is 5.38. The lowest BCUT2D eigenvalue weighted by atomic mass is 10.2. The van der Waals surface area contributed by atoms with Crippen molar-refractivity contribution >= 4 is 6.09 Å². The van der Waals surface area contributed by atoms with Crippen molar-refractivity contribution in [3.8, 4) is 0 Å². The molecule has 0 bridgehead atoms. The third-order valence-electron chi connectivity index (χ3n) is 3.64. The molecular formula is C17H26N2O2. The Morgan fingerprint density at radius 2 is 1.90 bits per heavy atom. The molecule has 1 amide bonds. The van der Waals surface area contributed by atoms with E-state index in [1.165, 1.54) is 5.56 Å². The standard InChI is InChI=1S/C17H26N2O2/c1-15(2)14-21-17(20)19-10-6-9-18(11-12-19)13-16-7-4-3-5-8-16/h3-5,7-8,15H,6,9-14H2,1-2H3. The van der Waals surface area contributed by atoms with Crippen LogP contribution >= 0.6 is 0 Å². The Labute approximate surface area is 127 Å². The Morgan fingerprint density at radius 3 is 2.62 bits per heavy atom. The van der Waals surface area contributed by atoms with Gasteiger partial charge in [0.25, 0.3) is 0 Å². The normalized spacial score (nSPS) is 16.8. The lowest BCUT2D eigenvalue weighted by molar-refractivity contribution is 0.0930. The van der Waals surface area contributed by atoms with E-state index in [9.17, 15) is 4.79 Å². The minimum absolute atomic E-state index is 0.162. The molecule has 1 aliphatic rings. The molecule has 0 unspecified atom stereocenters. The van der Waals surface area contributed by atoms with Crippen LogP contribution in [-0.4, -0.2) is 48.7 Å². The van der Waals surface area contributed by atoms with Crippen LogP contribution < -0.4 is 0 Å². The van der Waals surface area contributed by atoms with Crippen LogP contribution in [0.5, 0.6) is 0 Å².